The molecule has 0 saturated heterocycles. The second-order valence-corrected chi connectivity index (χ2v) is 4.33. The Balaban J connectivity index is 1.98. The summed E-state index contributed by atoms with van der Waals surface area (Å²) >= 11 is 1.59. The third kappa shape index (κ3) is 5.85. The van der Waals surface area contributed by atoms with Crippen LogP contribution in [-0.4, -0.2) is 37.4 Å². The van der Waals surface area contributed by atoms with E-state index in [1.807, 2.05) is 17.5 Å². The van der Waals surface area contributed by atoms with Crippen molar-refractivity contribution in [1.82, 2.24) is 5.32 Å². The number of carbonyl (C=O) groups excluding carboxylic acids is 1. The molecule has 0 radical (unpaired) electrons. The van der Waals surface area contributed by atoms with Crippen molar-refractivity contribution in [2.45, 2.75) is 12.8 Å². The van der Waals surface area contributed by atoms with E-state index in [2.05, 4.69) is 5.32 Å². The molecule has 1 aromatic heterocycles. The Kier molecular flexibility index (Phi) is 6.80. The lowest BCUT2D eigenvalue weighted by Gasteiger charge is -2.04. The molecule has 5 heteroatoms. The average Bonchev–Trinajstić information content (AvgIpc) is 2.76. The van der Waals surface area contributed by atoms with E-state index in [1.54, 1.807) is 11.3 Å². The first-order valence-electron chi connectivity index (χ1n) is 5.30. The van der Waals surface area contributed by atoms with Gasteiger partial charge in [0.15, 0.2) is 0 Å². The van der Waals surface area contributed by atoms with E-state index >= 15 is 0 Å². The van der Waals surface area contributed by atoms with Crippen LogP contribution < -0.4 is 5.32 Å². The van der Waals surface area contributed by atoms with Gasteiger partial charge in [-0.15, -0.1) is 11.3 Å². The van der Waals surface area contributed by atoms with Crippen molar-refractivity contribution in [3.8, 4) is 0 Å². The van der Waals surface area contributed by atoms with Crippen molar-refractivity contribution in [3.05, 3.63) is 22.4 Å². The molecule has 16 heavy (non-hydrogen) atoms. The molecule has 0 spiro atoms. The third-order valence-electron chi connectivity index (χ3n) is 1.94. The van der Waals surface area contributed by atoms with Crippen molar-refractivity contribution in [3.63, 3.8) is 0 Å². The van der Waals surface area contributed by atoms with Gasteiger partial charge >= 0.3 is 0 Å². The van der Waals surface area contributed by atoms with Gasteiger partial charge < -0.3 is 15.2 Å². The third-order valence-corrected chi connectivity index (χ3v) is 2.81. The first-order valence-corrected chi connectivity index (χ1v) is 6.18. The Morgan fingerprint density at radius 2 is 2.38 bits per heavy atom. The number of hydrogen-bond acceptors (Lipinski definition) is 4. The van der Waals surface area contributed by atoms with Crippen LogP contribution in [-0.2, 0) is 16.0 Å². The number of aliphatic hydroxyl groups is 1. The van der Waals surface area contributed by atoms with Crippen molar-refractivity contribution in [1.29, 1.82) is 0 Å². The van der Waals surface area contributed by atoms with Crippen molar-refractivity contribution in [2.24, 2.45) is 0 Å². The maximum Gasteiger partial charge on any atom is 0.225 e. The summed E-state index contributed by atoms with van der Waals surface area (Å²) in [6.07, 6.45) is 1.23. The van der Waals surface area contributed by atoms with E-state index in [1.165, 1.54) is 0 Å². The second kappa shape index (κ2) is 8.27. The zero-order chi connectivity index (χ0) is 11.6. The summed E-state index contributed by atoms with van der Waals surface area (Å²) in [5, 5.41) is 13.2. The lowest BCUT2D eigenvalue weighted by molar-refractivity contribution is -0.120. The minimum atomic E-state index is 0.0459. The summed E-state index contributed by atoms with van der Waals surface area (Å²) in [5.74, 6) is 0.0459. The van der Waals surface area contributed by atoms with Crippen LogP contribution in [0.25, 0.3) is 0 Å². The molecule has 1 rings (SSSR count). The molecule has 0 atom stereocenters. The van der Waals surface area contributed by atoms with E-state index < -0.39 is 0 Å². The summed E-state index contributed by atoms with van der Waals surface area (Å²) in [4.78, 5) is 12.5. The molecule has 0 unspecified atom stereocenters. The lowest BCUT2D eigenvalue weighted by atomic mass is 10.3. The van der Waals surface area contributed by atoms with Crippen molar-refractivity contribution < 1.29 is 14.6 Å². The van der Waals surface area contributed by atoms with Crippen LogP contribution in [0.1, 0.15) is 11.3 Å². The van der Waals surface area contributed by atoms with Gasteiger partial charge in [-0.3, -0.25) is 4.79 Å². The minimum absolute atomic E-state index is 0.0459. The highest BCUT2D eigenvalue weighted by Gasteiger charge is 2.02. The van der Waals surface area contributed by atoms with Crippen molar-refractivity contribution >= 4 is 17.2 Å². The van der Waals surface area contributed by atoms with Crippen LogP contribution in [0.15, 0.2) is 17.5 Å². The molecule has 2 N–H and O–H groups in total. The summed E-state index contributed by atoms with van der Waals surface area (Å²) < 4.78 is 5.07. The number of carbonyl (C=O) groups is 1. The molecule has 90 valence electrons. The molecule has 0 aliphatic rings. The maximum atomic E-state index is 11.4. The number of hydrogen-bond donors (Lipinski definition) is 2. The summed E-state index contributed by atoms with van der Waals surface area (Å²) in [6, 6.07) is 3.89. The minimum Gasteiger partial charge on any atom is -0.394 e. The summed E-state index contributed by atoms with van der Waals surface area (Å²) in [6.45, 7) is 1.60. The molecule has 1 heterocycles. The van der Waals surface area contributed by atoms with Crippen LogP contribution >= 0.6 is 11.3 Å². The standard InChI is InChI=1S/C11H17NO3S/c13-5-7-15-6-2-4-12-11(14)9-10-3-1-8-16-10/h1,3,8,13H,2,4-7,9H2,(H,12,14). The molecule has 0 saturated carbocycles. The van der Waals surface area contributed by atoms with Crippen LogP contribution in [0.2, 0.25) is 0 Å². The van der Waals surface area contributed by atoms with Gasteiger partial charge in [0.25, 0.3) is 0 Å². The Hall–Kier alpha value is -0.910. The maximum absolute atomic E-state index is 11.4. The van der Waals surface area contributed by atoms with Crippen LogP contribution in [0.3, 0.4) is 0 Å². The highest BCUT2D eigenvalue weighted by molar-refractivity contribution is 7.10. The molecule has 1 amide bonds. The Morgan fingerprint density at radius 1 is 1.50 bits per heavy atom. The van der Waals surface area contributed by atoms with E-state index in [0.29, 0.717) is 26.2 Å². The Labute approximate surface area is 99.2 Å². The fourth-order valence-electron chi connectivity index (χ4n) is 1.20. The van der Waals surface area contributed by atoms with Gasteiger partial charge in [0.2, 0.25) is 5.91 Å². The first-order chi connectivity index (χ1) is 7.83. The van der Waals surface area contributed by atoms with Crippen LogP contribution in [0, 0.1) is 0 Å². The Bertz CT molecular complexity index is 287. The molecule has 0 fully saturated rings. The predicted octanol–water partition coefficient (Wildman–Crippen LogP) is 0.806. The molecule has 1 aromatic rings. The highest BCUT2D eigenvalue weighted by atomic mass is 32.1. The van der Waals surface area contributed by atoms with E-state index in [-0.39, 0.29) is 12.5 Å². The van der Waals surface area contributed by atoms with Gasteiger partial charge in [0, 0.05) is 18.0 Å². The predicted molar refractivity (Wildman–Crippen MR) is 63.6 cm³/mol. The molecular formula is C11H17NO3S. The highest BCUT2D eigenvalue weighted by Crippen LogP contribution is 2.08. The number of thiophene rings is 1. The molecule has 0 aliphatic carbocycles. The van der Waals surface area contributed by atoms with Gasteiger partial charge in [0.1, 0.15) is 0 Å². The number of ether oxygens (including phenoxy) is 1. The number of rotatable bonds is 8. The average molecular weight is 243 g/mol. The van der Waals surface area contributed by atoms with Crippen LogP contribution in [0.5, 0.6) is 0 Å². The summed E-state index contributed by atoms with van der Waals surface area (Å²) in [7, 11) is 0. The molecule has 4 nitrogen and oxygen atoms in total. The zero-order valence-corrected chi connectivity index (χ0v) is 9.96. The fraction of sp³-hybridized carbons (Fsp3) is 0.545. The fourth-order valence-corrected chi connectivity index (χ4v) is 1.91. The zero-order valence-electron chi connectivity index (χ0n) is 9.15. The number of aliphatic hydroxyl groups excluding tert-OH is 1. The number of nitrogens with one attached hydrogen (secondary N) is 1. The first kappa shape index (κ1) is 13.2. The van der Waals surface area contributed by atoms with E-state index in [0.717, 1.165) is 11.3 Å². The largest absolute Gasteiger partial charge is 0.394 e. The van der Waals surface area contributed by atoms with E-state index in [9.17, 15) is 4.79 Å². The van der Waals surface area contributed by atoms with Gasteiger partial charge in [-0.05, 0) is 17.9 Å². The Morgan fingerprint density at radius 3 is 3.06 bits per heavy atom. The van der Waals surface area contributed by atoms with Gasteiger partial charge in [0.05, 0.1) is 19.6 Å². The molecule has 0 bridgehead atoms. The quantitative estimate of drug-likeness (QED) is 0.664. The normalized spacial score (nSPS) is 10.3. The smallest absolute Gasteiger partial charge is 0.225 e. The monoisotopic (exact) mass is 243 g/mol. The van der Waals surface area contributed by atoms with Gasteiger partial charge in [-0.25, -0.2) is 0 Å². The van der Waals surface area contributed by atoms with Crippen molar-refractivity contribution in [2.75, 3.05) is 26.4 Å². The van der Waals surface area contributed by atoms with Gasteiger partial charge in [-0.2, -0.15) is 0 Å². The van der Waals surface area contributed by atoms with Gasteiger partial charge in [-0.1, -0.05) is 6.07 Å². The molecule has 0 aromatic carbocycles. The topological polar surface area (TPSA) is 58.6 Å². The van der Waals surface area contributed by atoms with Crippen LogP contribution in [0.4, 0.5) is 0 Å². The molecule has 0 aliphatic heterocycles. The van der Waals surface area contributed by atoms with E-state index in [4.69, 9.17) is 9.84 Å². The lowest BCUT2D eigenvalue weighted by Crippen LogP contribution is -2.26. The second-order valence-electron chi connectivity index (χ2n) is 3.30. The number of amides is 1. The SMILES string of the molecule is O=C(Cc1cccs1)NCCCOCCO. The summed E-state index contributed by atoms with van der Waals surface area (Å²) in [5.41, 5.74) is 0. The molecular weight excluding hydrogens is 226 g/mol.